The largest absolute Gasteiger partial charge is 0.550 e. The molecule has 0 saturated heterocycles. The number of carbonyl (C=O) groups excluding carboxylic acids is 1. The summed E-state index contributed by atoms with van der Waals surface area (Å²) in [4.78, 5) is 9.21. The van der Waals surface area contributed by atoms with Gasteiger partial charge in [-0.1, -0.05) is 0 Å². The molecular formula is C3H2F3O3. The number of hydrogen-bond acceptors (Lipinski definition) is 2. The van der Waals surface area contributed by atoms with Crippen molar-refractivity contribution in [2.75, 3.05) is 6.61 Å². The fraction of sp³-hybridized carbons (Fsp3) is 0.667. The van der Waals surface area contributed by atoms with Crippen LogP contribution in [0.25, 0.3) is 0 Å². The summed E-state index contributed by atoms with van der Waals surface area (Å²) in [5.74, 6) is 0. The van der Waals surface area contributed by atoms with Crippen molar-refractivity contribution in [1.82, 2.24) is 0 Å². The minimum absolute atomic E-state index is 1.81. The molecule has 0 rings (SSSR count). The smallest absolute Gasteiger partial charge is 0.422 e. The van der Waals surface area contributed by atoms with Crippen LogP contribution in [-0.4, -0.2) is 18.9 Å². The second-order valence-electron chi connectivity index (χ2n) is 1.15. The van der Waals surface area contributed by atoms with Gasteiger partial charge in [-0.3, -0.25) is 0 Å². The predicted octanol–water partition coefficient (Wildman–Crippen LogP) is 1.12. The fourth-order valence-electron chi connectivity index (χ4n) is 0.141. The Bertz CT molecular complexity index is 107. The van der Waals surface area contributed by atoms with Crippen LogP contribution < -0.4 is 0 Å². The Morgan fingerprint density at radius 1 is 1.44 bits per heavy atom. The monoisotopic (exact) mass is 143 g/mol. The number of hydrogen-bond donors (Lipinski definition) is 0. The lowest BCUT2D eigenvalue weighted by molar-refractivity contribution is -0.165. The van der Waals surface area contributed by atoms with Gasteiger partial charge >= 0.3 is 12.3 Å². The summed E-state index contributed by atoms with van der Waals surface area (Å²) in [6, 6.07) is 0. The topological polar surface area (TPSA) is 46.2 Å². The zero-order chi connectivity index (χ0) is 7.49. The van der Waals surface area contributed by atoms with Gasteiger partial charge in [-0.15, -0.1) is 0 Å². The fourth-order valence-corrected chi connectivity index (χ4v) is 0.141. The van der Waals surface area contributed by atoms with Crippen LogP contribution in [0.5, 0.6) is 0 Å². The molecular weight excluding hydrogens is 141 g/mol. The van der Waals surface area contributed by atoms with Crippen molar-refractivity contribution in [2.45, 2.75) is 6.18 Å². The molecule has 1 radical (unpaired) electrons. The third-order valence-electron chi connectivity index (χ3n) is 0.354. The molecule has 0 unspecified atom stereocenters. The number of halogens is 3. The van der Waals surface area contributed by atoms with Crippen LogP contribution in [0.4, 0.5) is 18.0 Å². The highest BCUT2D eigenvalue weighted by Crippen LogP contribution is 2.14. The van der Waals surface area contributed by atoms with Gasteiger partial charge in [0.25, 0.3) is 0 Å². The summed E-state index contributed by atoms with van der Waals surface area (Å²) in [5.41, 5.74) is 0. The predicted molar refractivity (Wildman–Crippen MR) is 18.1 cm³/mol. The average Bonchev–Trinajstić information content (AvgIpc) is 1.59. The van der Waals surface area contributed by atoms with Crippen molar-refractivity contribution in [3.63, 3.8) is 0 Å². The molecule has 0 spiro atoms. The Balaban J connectivity index is 3.39. The highest BCUT2D eigenvalue weighted by molar-refractivity contribution is 5.56. The van der Waals surface area contributed by atoms with Crippen LogP contribution in [0.15, 0.2) is 0 Å². The van der Waals surface area contributed by atoms with E-state index in [1.165, 1.54) is 0 Å². The Kier molecular flexibility index (Phi) is 2.29. The summed E-state index contributed by atoms with van der Waals surface area (Å²) >= 11 is 0. The molecule has 0 aromatic rings. The molecule has 0 aromatic carbocycles. The van der Waals surface area contributed by atoms with Crippen molar-refractivity contribution in [1.29, 1.82) is 0 Å². The third-order valence-corrected chi connectivity index (χ3v) is 0.354. The standard InChI is InChI=1S/C3H2F3O3/c4-3(5,6)1-9-2(7)8/h1H2. The molecule has 0 aliphatic carbocycles. The van der Waals surface area contributed by atoms with E-state index >= 15 is 0 Å². The zero-order valence-corrected chi connectivity index (χ0v) is 4.07. The Morgan fingerprint density at radius 3 is 2.00 bits per heavy atom. The summed E-state index contributed by atoms with van der Waals surface area (Å²) in [5, 5.41) is 9.21. The van der Waals surface area contributed by atoms with Crippen molar-refractivity contribution in [2.24, 2.45) is 0 Å². The molecule has 0 aliphatic rings. The van der Waals surface area contributed by atoms with Crippen molar-refractivity contribution >= 4 is 6.16 Å². The summed E-state index contributed by atoms with van der Waals surface area (Å²) in [6.07, 6.45) is -6.78. The van der Waals surface area contributed by atoms with Crippen LogP contribution >= 0.6 is 0 Å². The van der Waals surface area contributed by atoms with Crippen LogP contribution in [0.2, 0.25) is 0 Å². The van der Waals surface area contributed by atoms with Gasteiger partial charge in [-0.25, -0.2) is 0 Å². The Labute approximate surface area is 48.0 Å². The first-order chi connectivity index (χ1) is 3.92. The van der Waals surface area contributed by atoms with Gasteiger partial charge in [-0.05, 0) is 0 Å². The lowest BCUT2D eigenvalue weighted by atomic mass is 10.7. The van der Waals surface area contributed by atoms with Gasteiger partial charge in [0.15, 0.2) is 6.61 Å². The van der Waals surface area contributed by atoms with E-state index in [9.17, 15) is 23.1 Å². The van der Waals surface area contributed by atoms with Gasteiger partial charge in [0.1, 0.15) is 0 Å². The van der Waals surface area contributed by atoms with Gasteiger partial charge in [0, 0.05) is 0 Å². The van der Waals surface area contributed by atoms with Crippen LogP contribution in [0.1, 0.15) is 0 Å². The summed E-state index contributed by atoms with van der Waals surface area (Å²) < 4.78 is 36.1. The van der Waals surface area contributed by atoms with E-state index < -0.39 is 18.9 Å². The highest BCUT2D eigenvalue weighted by Gasteiger charge is 2.29. The molecule has 0 amide bonds. The minimum Gasteiger partial charge on any atom is -0.422 e. The van der Waals surface area contributed by atoms with Crippen molar-refractivity contribution in [3.05, 3.63) is 0 Å². The molecule has 6 heteroatoms. The number of alkyl halides is 3. The van der Waals surface area contributed by atoms with Crippen LogP contribution in [0, 0.1) is 0 Å². The number of carbonyl (C=O) groups is 1. The highest BCUT2D eigenvalue weighted by atomic mass is 19.4. The van der Waals surface area contributed by atoms with Gasteiger partial charge < -0.3 is 4.74 Å². The molecule has 3 nitrogen and oxygen atoms in total. The van der Waals surface area contributed by atoms with Crippen LogP contribution in [-0.2, 0) is 9.84 Å². The lowest BCUT2D eigenvalue weighted by Gasteiger charge is -2.01. The minimum atomic E-state index is -4.61. The quantitative estimate of drug-likeness (QED) is 0.516. The van der Waals surface area contributed by atoms with E-state index in [-0.39, 0.29) is 0 Å². The number of rotatable bonds is 1. The van der Waals surface area contributed by atoms with E-state index in [1.807, 2.05) is 0 Å². The van der Waals surface area contributed by atoms with E-state index in [1.54, 1.807) is 0 Å². The van der Waals surface area contributed by atoms with E-state index in [0.717, 1.165) is 0 Å². The lowest BCUT2D eigenvalue weighted by Crippen LogP contribution is -2.18. The second-order valence-corrected chi connectivity index (χ2v) is 1.15. The van der Waals surface area contributed by atoms with Gasteiger partial charge in [0.2, 0.25) is 0 Å². The maximum absolute atomic E-state index is 11.0. The van der Waals surface area contributed by atoms with E-state index in [0.29, 0.717) is 0 Å². The third kappa shape index (κ3) is 7.06. The molecule has 0 saturated carbocycles. The maximum atomic E-state index is 11.0. The summed E-state index contributed by atoms with van der Waals surface area (Å²) in [7, 11) is 0. The van der Waals surface area contributed by atoms with Crippen LogP contribution in [0.3, 0.4) is 0 Å². The molecule has 0 atom stereocenters. The number of ether oxygens (including phenoxy) is 1. The second kappa shape index (κ2) is 2.56. The van der Waals surface area contributed by atoms with E-state index in [4.69, 9.17) is 0 Å². The Hall–Kier alpha value is -0.940. The molecule has 0 heterocycles. The molecule has 9 heavy (non-hydrogen) atoms. The SMILES string of the molecule is [O]C(=O)OCC(F)(F)F. The maximum Gasteiger partial charge on any atom is 0.550 e. The van der Waals surface area contributed by atoms with Gasteiger partial charge in [-0.2, -0.15) is 23.1 Å². The first-order valence-corrected chi connectivity index (χ1v) is 1.82. The molecule has 0 N–H and O–H groups in total. The Morgan fingerprint density at radius 2 is 1.89 bits per heavy atom. The normalized spacial score (nSPS) is 11.0. The molecule has 0 aromatic heterocycles. The van der Waals surface area contributed by atoms with Gasteiger partial charge in [0.05, 0.1) is 0 Å². The first-order valence-electron chi connectivity index (χ1n) is 1.82. The summed E-state index contributed by atoms with van der Waals surface area (Å²) in [6.45, 7) is -1.81. The van der Waals surface area contributed by atoms with Crippen molar-refractivity contribution in [3.8, 4) is 0 Å². The zero-order valence-electron chi connectivity index (χ0n) is 4.07. The molecule has 0 fully saturated rings. The molecule has 0 aliphatic heterocycles. The van der Waals surface area contributed by atoms with Crippen molar-refractivity contribution < 1.29 is 27.8 Å². The molecule has 0 bridgehead atoms. The van der Waals surface area contributed by atoms with E-state index in [2.05, 4.69) is 4.74 Å². The first kappa shape index (κ1) is 8.06. The molecule has 53 valence electrons. The average molecular weight is 143 g/mol.